The van der Waals surface area contributed by atoms with Gasteiger partial charge in [0, 0.05) is 17.4 Å². The van der Waals surface area contributed by atoms with Crippen LogP contribution >= 0.6 is 0 Å². The van der Waals surface area contributed by atoms with Gasteiger partial charge in [0.25, 0.3) is 5.91 Å². The molecule has 1 atom stereocenters. The molecule has 0 heterocycles. The number of hydrogen-bond acceptors (Lipinski definition) is 3. The van der Waals surface area contributed by atoms with Crippen molar-refractivity contribution in [3.63, 3.8) is 0 Å². The van der Waals surface area contributed by atoms with Gasteiger partial charge >= 0.3 is 0 Å². The summed E-state index contributed by atoms with van der Waals surface area (Å²) in [5.41, 5.74) is 12.9. The number of primary amides is 1. The fraction of sp³-hybridized carbons (Fsp3) is 0.462. The number of nitrogens with one attached hydrogen (secondary N) is 1. The molecule has 4 nitrogen and oxygen atoms in total. The molecule has 1 aromatic rings. The molecule has 0 aliphatic heterocycles. The highest BCUT2D eigenvalue weighted by molar-refractivity contribution is 5.99. The van der Waals surface area contributed by atoms with E-state index in [1.165, 1.54) is 0 Å². The molecule has 1 rings (SSSR count). The van der Waals surface area contributed by atoms with Crippen LogP contribution in [0.5, 0.6) is 0 Å². The Morgan fingerprint density at radius 3 is 2.53 bits per heavy atom. The summed E-state index contributed by atoms with van der Waals surface area (Å²) in [6.07, 6.45) is 0.977. The maximum atomic E-state index is 11.3. The molecule has 0 radical (unpaired) electrons. The average molecular weight is 235 g/mol. The van der Waals surface area contributed by atoms with Crippen molar-refractivity contribution in [2.24, 2.45) is 11.7 Å². The van der Waals surface area contributed by atoms with Gasteiger partial charge in [-0.3, -0.25) is 4.79 Å². The van der Waals surface area contributed by atoms with Crippen LogP contribution in [-0.4, -0.2) is 11.9 Å². The molecule has 17 heavy (non-hydrogen) atoms. The molecular weight excluding hydrogens is 214 g/mol. The largest absolute Gasteiger partial charge is 0.399 e. The third kappa shape index (κ3) is 3.37. The Hall–Kier alpha value is -1.71. The number of carbonyl (C=O) groups excluding carboxylic acids is 1. The number of rotatable bonds is 5. The highest BCUT2D eigenvalue weighted by atomic mass is 16.1. The van der Waals surface area contributed by atoms with E-state index < -0.39 is 5.91 Å². The molecule has 0 aliphatic rings. The lowest BCUT2D eigenvalue weighted by Crippen LogP contribution is -2.26. The van der Waals surface area contributed by atoms with Crippen LogP contribution in [0.4, 0.5) is 11.4 Å². The topological polar surface area (TPSA) is 81.1 Å². The van der Waals surface area contributed by atoms with Crippen molar-refractivity contribution in [1.82, 2.24) is 0 Å². The van der Waals surface area contributed by atoms with Gasteiger partial charge in [0.05, 0.1) is 5.56 Å². The van der Waals surface area contributed by atoms with Gasteiger partial charge in [-0.1, -0.05) is 20.8 Å². The van der Waals surface area contributed by atoms with Crippen LogP contribution in [0.25, 0.3) is 0 Å². The molecule has 0 spiro atoms. The van der Waals surface area contributed by atoms with Crippen LogP contribution in [0.15, 0.2) is 18.2 Å². The molecule has 0 aromatic heterocycles. The minimum atomic E-state index is -0.439. The lowest BCUT2D eigenvalue weighted by molar-refractivity contribution is 0.100. The number of nitrogens with two attached hydrogens (primary N) is 2. The molecule has 1 amide bonds. The number of carbonyl (C=O) groups is 1. The van der Waals surface area contributed by atoms with E-state index in [0.29, 0.717) is 23.2 Å². The van der Waals surface area contributed by atoms with Gasteiger partial charge in [-0.15, -0.1) is 0 Å². The smallest absolute Gasteiger partial charge is 0.250 e. The van der Waals surface area contributed by atoms with E-state index in [9.17, 15) is 4.79 Å². The SMILES string of the molecule is CCC(Nc1cc(N)ccc1C(N)=O)C(C)C. The average Bonchev–Trinajstić information content (AvgIpc) is 2.25. The Labute approximate surface area is 102 Å². The molecular formula is C13H21N3O. The standard InChI is InChI=1S/C13H21N3O/c1-4-11(8(2)3)16-12-7-9(14)5-6-10(12)13(15)17/h5-8,11,16H,4,14H2,1-3H3,(H2,15,17). The van der Waals surface area contributed by atoms with Gasteiger partial charge in [-0.25, -0.2) is 0 Å². The van der Waals surface area contributed by atoms with E-state index in [0.717, 1.165) is 12.1 Å². The predicted octanol–water partition coefficient (Wildman–Crippen LogP) is 2.21. The monoisotopic (exact) mass is 235 g/mol. The van der Waals surface area contributed by atoms with E-state index in [1.807, 2.05) is 0 Å². The second kappa shape index (κ2) is 5.57. The van der Waals surface area contributed by atoms with Crippen LogP contribution in [0.2, 0.25) is 0 Å². The quantitative estimate of drug-likeness (QED) is 0.684. The Bertz CT molecular complexity index is 402. The van der Waals surface area contributed by atoms with Crippen molar-refractivity contribution in [2.45, 2.75) is 33.2 Å². The minimum Gasteiger partial charge on any atom is -0.399 e. The maximum Gasteiger partial charge on any atom is 0.250 e. The summed E-state index contributed by atoms with van der Waals surface area (Å²) >= 11 is 0. The molecule has 0 aliphatic carbocycles. The van der Waals surface area contributed by atoms with Gasteiger partial charge in [-0.2, -0.15) is 0 Å². The first-order valence-electron chi connectivity index (χ1n) is 5.91. The third-order valence-corrected chi connectivity index (χ3v) is 2.89. The van der Waals surface area contributed by atoms with Crippen molar-refractivity contribution in [2.75, 3.05) is 11.1 Å². The van der Waals surface area contributed by atoms with Crippen LogP contribution in [0, 0.1) is 5.92 Å². The summed E-state index contributed by atoms with van der Waals surface area (Å²) in [5.74, 6) is 0.0354. The second-order valence-electron chi connectivity index (χ2n) is 4.57. The fourth-order valence-electron chi connectivity index (χ4n) is 1.84. The summed E-state index contributed by atoms with van der Waals surface area (Å²) < 4.78 is 0. The summed E-state index contributed by atoms with van der Waals surface area (Å²) in [6.45, 7) is 6.38. The van der Waals surface area contributed by atoms with E-state index in [-0.39, 0.29) is 0 Å². The van der Waals surface area contributed by atoms with E-state index >= 15 is 0 Å². The van der Waals surface area contributed by atoms with E-state index in [1.54, 1.807) is 18.2 Å². The Balaban J connectivity index is 3.03. The summed E-state index contributed by atoms with van der Waals surface area (Å²) in [5, 5.41) is 3.34. The Morgan fingerprint density at radius 2 is 2.06 bits per heavy atom. The van der Waals surface area contributed by atoms with E-state index in [2.05, 4.69) is 26.1 Å². The summed E-state index contributed by atoms with van der Waals surface area (Å²) in [7, 11) is 0. The van der Waals surface area contributed by atoms with Crippen LogP contribution < -0.4 is 16.8 Å². The van der Waals surface area contributed by atoms with Gasteiger partial charge in [-0.05, 0) is 30.5 Å². The number of amides is 1. The normalized spacial score (nSPS) is 12.5. The van der Waals surface area contributed by atoms with Gasteiger partial charge in [0.2, 0.25) is 0 Å². The van der Waals surface area contributed by atoms with Gasteiger partial charge < -0.3 is 16.8 Å². The predicted molar refractivity (Wildman–Crippen MR) is 71.9 cm³/mol. The van der Waals surface area contributed by atoms with Gasteiger partial charge in [0.15, 0.2) is 0 Å². The highest BCUT2D eigenvalue weighted by Gasteiger charge is 2.14. The maximum absolute atomic E-state index is 11.3. The first-order chi connectivity index (χ1) is 7.95. The minimum absolute atomic E-state index is 0.301. The lowest BCUT2D eigenvalue weighted by atomic mass is 10.0. The van der Waals surface area contributed by atoms with Crippen molar-refractivity contribution >= 4 is 17.3 Å². The zero-order valence-electron chi connectivity index (χ0n) is 10.7. The molecule has 1 unspecified atom stereocenters. The zero-order chi connectivity index (χ0) is 13.0. The number of nitrogen functional groups attached to an aromatic ring is 1. The molecule has 94 valence electrons. The summed E-state index contributed by atoms with van der Waals surface area (Å²) in [6, 6.07) is 5.40. The van der Waals surface area contributed by atoms with Crippen molar-refractivity contribution in [1.29, 1.82) is 0 Å². The van der Waals surface area contributed by atoms with Gasteiger partial charge in [0.1, 0.15) is 0 Å². The van der Waals surface area contributed by atoms with Crippen LogP contribution in [0.3, 0.4) is 0 Å². The zero-order valence-corrected chi connectivity index (χ0v) is 10.7. The second-order valence-corrected chi connectivity index (χ2v) is 4.57. The number of anilines is 2. The molecule has 0 saturated carbocycles. The first-order valence-corrected chi connectivity index (χ1v) is 5.91. The molecule has 0 bridgehead atoms. The fourth-order valence-corrected chi connectivity index (χ4v) is 1.84. The molecule has 0 saturated heterocycles. The van der Waals surface area contributed by atoms with Crippen LogP contribution in [0.1, 0.15) is 37.6 Å². The summed E-state index contributed by atoms with van der Waals surface area (Å²) in [4.78, 5) is 11.3. The Morgan fingerprint density at radius 1 is 1.41 bits per heavy atom. The number of benzene rings is 1. The molecule has 1 aromatic carbocycles. The van der Waals surface area contributed by atoms with Crippen molar-refractivity contribution in [3.8, 4) is 0 Å². The van der Waals surface area contributed by atoms with E-state index in [4.69, 9.17) is 11.5 Å². The van der Waals surface area contributed by atoms with Crippen molar-refractivity contribution in [3.05, 3.63) is 23.8 Å². The number of hydrogen-bond donors (Lipinski definition) is 3. The molecule has 0 fully saturated rings. The molecule has 5 N–H and O–H groups in total. The lowest BCUT2D eigenvalue weighted by Gasteiger charge is -2.23. The van der Waals surface area contributed by atoms with Crippen LogP contribution in [-0.2, 0) is 0 Å². The van der Waals surface area contributed by atoms with Crippen molar-refractivity contribution < 1.29 is 4.79 Å². The first kappa shape index (κ1) is 13.4. The highest BCUT2D eigenvalue weighted by Crippen LogP contribution is 2.22. The third-order valence-electron chi connectivity index (χ3n) is 2.89. The Kier molecular flexibility index (Phi) is 4.37. The molecule has 4 heteroatoms.